The number of rotatable bonds is 6. The van der Waals surface area contributed by atoms with Crippen molar-refractivity contribution < 1.29 is 41.0 Å². The molecule has 0 aliphatic heterocycles. The van der Waals surface area contributed by atoms with Gasteiger partial charge in [0.2, 0.25) is 0 Å². The lowest BCUT2D eigenvalue weighted by molar-refractivity contribution is -0.274. The normalized spacial score (nSPS) is 11.0. The number of nitriles is 1. The Bertz CT molecular complexity index is 610. The van der Waals surface area contributed by atoms with Crippen molar-refractivity contribution in [2.45, 2.75) is 26.3 Å². The summed E-state index contributed by atoms with van der Waals surface area (Å²) in [5.41, 5.74) is -1.02. The molecule has 0 amide bonds. The maximum atomic E-state index is 12.4. The minimum atomic E-state index is -5.06. The smallest absolute Gasteiger partial charge is 0.466 e. The molecule has 0 aromatic heterocycles. The summed E-state index contributed by atoms with van der Waals surface area (Å²) in [5.74, 6) is -2.43. The number of carbonyl (C=O) groups excluding carboxylic acids is 1. The zero-order valence-electron chi connectivity index (χ0n) is 11.6. The van der Waals surface area contributed by atoms with Crippen LogP contribution in [0.4, 0.5) is 22.0 Å². The lowest BCUT2D eigenvalue weighted by Crippen LogP contribution is -2.18. The highest BCUT2D eigenvalue weighted by atomic mass is 19.4. The molecule has 0 spiro atoms. The number of benzene rings is 1. The predicted octanol–water partition coefficient (Wildman–Crippen LogP) is 3.16. The standard InChI is InChI=1S/C13H10F5NO4/c1-2-21-10(20)5-7-3-9(23-13(16,17)18)4-8(6-19)11(7)22-12(14)15/h3-4,12H,2,5H2,1H3. The van der Waals surface area contributed by atoms with Gasteiger partial charge in [0, 0.05) is 11.6 Å². The molecule has 0 fully saturated rings. The van der Waals surface area contributed by atoms with Crippen LogP contribution in [0.5, 0.6) is 11.5 Å². The van der Waals surface area contributed by atoms with Crippen molar-refractivity contribution in [1.82, 2.24) is 0 Å². The van der Waals surface area contributed by atoms with E-state index in [0.717, 1.165) is 0 Å². The fourth-order valence-electron chi connectivity index (χ4n) is 1.66. The first kappa shape index (κ1) is 18.5. The third-order valence-corrected chi connectivity index (χ3v) is 2.34. The minimum absolute atomic E-state index is 0.0201. The molecule has 0 aliphatic carbocycles. The number of halogens is 5. The summed E-state index contributed by atoms with van der Waals surface area (Å²) < 4.78 is 74.0. The second-order valence-corrected chi connectivity index (χ2v) is 3.98. The summed E-state index contributed by atoms with van der Waals surface area (Å²) in [4.78, 5) is 11.4. The van der Waals surface area contributed by atoms with E-state index in [-0.39, 0.29) is 12.2 Å². The van der Waals surface area contributed by atoms with Gasteiger partial charge in [-0.2, -0.15) is 14.0 Å². The zero-order valence-corrected chi connectivity index (χ0v) is 11.6. The molecule has 0 heterocycles. The van der Waals surface area contributed by atoms with Crippen LogP contribution in [0.3, 0.4) is 0 Å². The highest BCUT2D eigenvalue weighted by molar-refractivity contribution is 5.74. The van der Waals surface area contributed by atoms with Crippen LogP contribution in [0.25, 0.3) is 0 Å². The topological polar surface area (TPSA) is 68.5 Å². The Morgan fingerprint density at radius 3 is 2.48 bits per heavy atom. The Hall–Kier alpha value is -2.57. The van der Waals surface area contributed by atoms with E-state index in [0.29, 0.717) is 12.1 Å². The van der Waals surface area contributed by atoms with Gasteiger partial charge in [-0.05, 0) is 13.0 Å². The van der Waals surface area contributed by atoms with E-state index >= 15 is 0 Å². The minimum Gasteiger partial charge on any atom is -0.466 e. The molecule has 5 nitrogen and oxygen atoms in total. The molecule has 0 atom stereocenters. The molecule has 10 heteroatoms. The molecule has 0 saturated heterocycles. The average Bonchev–Trinajstić information content (AvgIpc) is 2.39. The second-order valence-electron chi connectivity index (χ2n) is 3.98. The van der Waals surface area contributed by atoms with E-state index in [9.17, 15) is 26.7 Å². The molecule has 1 aromatic carbocycles. The van der Waals surface area contributed by atoms with Crippen molar-refractivity contribution in [3.8, 4) is 17.6 Å². The van der Waals surface area contributed by atoms with Crippen molar-refractivity contribution in [3.63, 3.8) is 0 Å². The van der Waals surface area contributed by atoms with Gasteiger partial charge in [-0.3, -0.25) is 4.79 Å². The summed E-state index contributed by atoms with van der Waals surface area (Å²) >= 11 is 0. The molecule has 0 radical (unpaired) electrons. The molecule has 1 rings (SSSR count). The number of ether oxygens (including phenoxy) is 3. The van der Waals surface area contributed by atoms with Gasteiger partial charge in [0.1, 0.15) is 17.6 Å². The summed E-state index contributed by atoms with van der Waals surface area (Å²) in [7, 11) is 0. The SMILES string of the molecule is CCOC(=O)Cc1cc(OC(F)(F)F)cc(C#N)c1OC(F)F. The van der Waals surface area contributed by atoms with Crippen LogP contribution in [0.2, 0.25) is 0 Å². The van der Waals surface area contributed by atoms with Crippen molar-refractivity contribution in [2.75, 3.05) is 6.61 Å². The molecule has 126 valence electrons. The van der Waals surface area contributed by atoms with E-state index in [4.69, 9.17) is 5.26 Å². The van der Waals surface area contributed by atoms with E-state index < -0.39 is 42.4 Å². The molecule has 0 N–H and O–H groups in total. The van der Waals surface area contributed by atoms with E-state index in [2.05, 4.69) is 14.2 Å². The predicted molar refractivity (Wildman–Crippen MR) is 64.8 cm³/mol. The van der Waals surface area contributed by atoms with Crippen LogP contribution < -0.4 is 9.47 Å². The van der Waals surface area contributed by atoms with Crippen molar-refractivity contribution >= 4 is 5.97 Å². The lowest BCUT2D eigenvalue weighted by Gasteiger charge is -2.15. The third kappa shape index (κ3) is 5.98. The quantitative estimate of drug-likeness (QED) is 0.588. The van der Waals surface area contributed by atoms with Crippen LogP contribution in [0, 0.1) is 11.3 Å². The summed E-state index contributed by atoms with van der Waals surface area (Å²) in [6.45, 7) is -1.87. The van der Waals surface area contributed by atoms with Gasteiger partial charge in [0.15, 0.2) is 0 Å². The average molecular weight is 339 g/mol. The number of carbonyl (C=O) groups is 1. The second kappa shape index (κ2) is 7.62. The Kier molecular flexibility index (Phi) is 6.12. The van der Waals surface area contributed by atoms with Gasteiger partial charge in [-0.15, -0.1) is 13.2 Å². The Morgan fingerprint density at radius 1 is 1.35 bits per heavy atom. The van der Waals surface area contributed by atoms with Crippen LogP contribution in [0.1, 0.15) is 18.1 Å². The van der Waals surface area contributed by atoms with Crippen LogP contribution in [-0.4, -0.2) is 25.6 Å². The molecule has 0 aliphatic rings. The van der Waals surface area contributed by atoms with E-state index in [1.807, 2.05) is 0 Å². The van der Waals surface area contributed by atoms with Gasteiger partial charge in [-0.25, -0.2) is 0 Å². The first-order chi connectivity index (χ1) is 10.7. The summed E-state index contributed by atoms with van der Waals surface area (Å²) in [5, 5.41) is 8.89. The van der Waals surface area contributed by atoms with Crippen molar-refractivity contribution in [2.24, 2.45) is 0 Å². The van der Waals surface area contributed by atoms with E-state index in [1.54, 1.807) is 0 Å². The Balaban J connectivity index is 3.31. The largest absolute Gasteiger partial charge is 0.573 e. The van der Waals surface area contributed by atoms with Gasteiger partial charge >= 0.3 is 18.9 Å². The molecule has 0 saturated carbocycles. The maximum absolute atomic E-state index is 12.4. The maximum Gasteiger partial charge on any atom is 0.573 e. The molecule has 1 aromatic rings. The highest BCUT2D eigenvalue weighted by Crippen LogP contribution is 2.33. The van der Waals surface area contributed by atoms with E-state index in [1.165, 1.54) is 13.0 Å². The number of hydrogen-bond donors (Lipinski definition) is 0. The first-order valence-corrected chi connectivity index (χ1v) is 6.09. The zero-order chi connectivity index (χ0) is 17.6. The molecular formula is C13H10F5NO4. The van der Waals surface area contributed by atoms with Gasteiger partial charge < -0.3 is 14.2 Å². The van der Waals surface area contributed by atoms with Crippen LogP contribution >= 0.6 is 0 Å². The molecular weight excluding hydrogens is 329 g/mol. The molecule has 23 heavy (non-hydrogen) atoms. The molecule has 0 unspecified atom stereocenters. The summed E-state index contributed by atoms with van der Waals surface area (Å²) in [6.07, 6.45) is -5.72. The fraction of sp³-hybridized carbons (Fsp3) is 0.385. The van der Waals surface area contributed by atoms with Crippen molar-refractivity contribution in [3.05, 3.63) is 23.3 Å². The Morgan fingerprint density at radius 2 is 2.00 bits per heavy atom. The first-order valence-electron chi connectivity index (χ1n) is 6.09. The third-order valence-electron chi connectivity index (χ3n) is 2.34. The van der Waals surface area contributed by atoms with Crippen molar-refractivity contribution in [1.29, 1.82) is 5.26 Å². The number of esters is 1. The summed E-state index contributed by atoms with van der Waals surface area (Å²) in [6, 6.07) is 2.68. The number of hydrogen-bond acceptors (Lipinski definition) is 5. The van der Waals surface area contributed by atoms with Gasteiger partial charge in [0.25, 0.3) is 0 Å². The molecule has 0 bridgehead atoms. The fourth-order valence-corrected chi connectivity index (χ4v) is 1.66. The van der Waals surface area contributed by atoms with Gasteiger partial charge in [-0.1, -0.05) is 0 Å². The highest BCUT2D eigenvalue weighted by Gasteiger charge is 2.32. The van der Waals surface area contributed by atoms with Crippen LogP contribution in [-0.2, 0) is 16.0 Å². The Labute approximate surface area is 127 Å². The monoisotopic (exact) mass is 339 g/mol. The lowest BCUT2D eigenvalue weighted by atomic mass is 10.1. The van der Waals surface area contributed by atoms with Crippen LogP contribution in [0.15, 0.2) is 12.1 Å². The van der Waals surface area contributed by atoms with Gasteiger partial charge in [0.05, 0.1) is 18.6 Å². The number of alkyl halides is 5. The number of nitrogens with zero attached hydrogens (tertiary/aromatic N) is 1.